The molecule has 0 spiro atoms. The van der Waals surface area contributed by atoms with Crippen LogP contribution in [0.3, 0.4) is 0 Å². The van der Waals surface area contributed by atoms with Gasteiger partial charge in [-0.3, -0.25) is 0 Å². The van der Waals surface area contributed by atoms with Gasteiger partial charge in [0, 0.05) is 36.0 Å². The van der Waals surface area contributed by atoms with Crippen LogP contribution in [0.15, 0.2) is 206 Å². The molecule has 280 valence electrons. The maximum atomic E-state index is 12.8. The number of phenolic OH excluding ortho intramolecular Hbond substituents is 2. The molecule has 0 saturated heterocycles. The van der Waals surface area contributed by atoms with E-state index in [0.29, 0.717) is 12.3 Å². The number of aryl methyl sites for hydroxylation is 1. The quantitative estimate of drug-likeness (QED) is 0.108. The summed E-state index contributed by atoms with van der Waals surface area (Å²) < 4.78 is 0. The topological polar surface area (TPSA) is 43.7 Å². The number of nitrogens with zero attached hydrogens (tertiary/aromatic N) is 1. The third-order valence-electron chi connectivity index (χ3n) is 11.7. The molecule has 3 nitrogen and oxygen atoms in total. The van der Waals surface area contributed by atoms with E-state index in [9.17, 15) is 10.2 Å². The Labute approximate surface area is 338 Å². The normalized spacial score (nSPS) is 11.6. The standard InChI is InChI=1S/C52H47NO2Si2/c1-39-36-46(56(3,41-22-9-4-10-23-41)42-24-11-5-12-25-42)37-40(51(39)54)38-53(2)49-34-20-19-32-47(49)48-33-21-35-50(52(48)55)57(43-26-13-6-14-27-43,44-28-15-7-16-29-44)45-30-17-8-18-31-45/h4-37,54-55H,38H2,1-3H3. The minimum Gasteiger partial charge on any atom is -0.507 e. The van der Waals surface area contributed by atoms with E-state index in [-0.39, 0.29) is 5.75 Å². The Morgan fingerprint density at radius 1 is 0.439 bits per heavy atom. The van der Waals surface area contributed by atoms with Crippen molar-refractivity contribution in [2.75, 3.05) is 11.9 Å². The molecular formula is C52H47NO2Si2. The Kier molecular flexibility index (Phi) is 10.5. The summed E-state index contributed by atoms with van der Waals surface area (Å²) in [5, 5.41) is 32.9. The highest BCUT2D eigenvalue weighted by atomic mass is 28.3. The molecule has 0 aliphatic heterocycles. The smallest absolute Gasteiger partial charge is 0.183 e. The van der Waals surface area contributed by atoms with Crippen LogP contribution in [-0.4, -0.2) is 33.4 Å². The van der Waals surface area contributed by atoms with Gasteiger partial charge in [-0.1, -0.05) is 207 Å². The van der Waals surface area contributed by atoms with Crippen LogP contribution < -0.4 is 41.2 Å². The minimum absolute atomic E-state index is 0.287. The molecule has 8 aromatic rings. The van der Waals surface area contributed by atoms with Gasteiger partial charge in [0.2, 0.25) is 0 Å². The Balaban J connectivity index is 1.25. The van der Waals surface area contributed by atoms with Crippen molar-refractivity contribution in [1.29, 1.82) is 0 Å². The first-order valence-electron chi connectivity index (χ1n) is 19.6. The van der Waals surface area contributed by atoms with Crippen molar-refractivity contribution in [3.05, 3.63) is 217 Å². The summed E-state index contributed by atoms with van der Waals surface area (Å²) in [6.45, 7) is 4.89. The summed E-state index contributed by atoms with van der Waals surface area (Å²) in [6.07, 6.45) is 0. The van der Waals surface area contributed by atoms with Crippen LogP contribution in [-0.2, 0) is 6.54 Å². The second-order valence-corrected chi connectivity index (χ2v) is 22.8. The van der Waals surface area contributed by atoms with Crippen molar-refractivity contribution in [2.45, 2.75) is 20.0 Å². The van der Waals surface area contributed by atoms with E-state index >= 15 is 0 Å². The van der Waals surface area contributed by atoms with Gasteiger partial charge in [0.15, 0.2) is 8.07 Å². The van der Waals surface area contributed by atoms with E-state index in [2.05, 4.69) is 207 Å². The molecular weight excluding hydrogens is 727 g/mol. The molecule has 0 bridgehead atoms. The first-order valence-corrected chi connectivity index (χ1v) is 24.1. The van der Waals surface area contributed by atoms with Gasteiger partial charge in [-0.25, -0.2) is 0 Å². The molecule has 0 aliphatic carbocycles. The predicted molar refractivity (Wildman–Crippen MR) is 246 cm³/mol. The molecule has 0 amide bonds. The lowest BCUT2D eigenvalue weighted by molar-refractivity contribution is 0.464. The summed E-state index contributed by atoms with van der Waals surface area (Å²) in [5.41, 5.74) is 4.40. The maximum absolute atomic E-state index is 12.8. The highest BCUT2D eigenvalue weighted by molar-refractivity contribution is 7.20. The predicted octanol–water partition coefficient (Wildman–Crippen LogP) is 7.19. The van der Waals surface area contributed by atoms with Crippen molar-refractivity contribution in [2.24, 2.45) is 0 Å². The van der Waals surface area contributed by atoms with Crippen molar-refractivity contribution in [3.8, 4) is 22.6 Å². The third kappa shape index (κ3) is 6.79. The lowest BCUT2D eigenvalue weighted by atomic mass is 10.0. The zero-order valence-corrected chi connectivity index (χ0v) is 34.7. The van der Waals surface area contributed by atoms with Gasteiger partial charge < -0.3 is 15.1 Å². The SMILES string of the molecule is Cc1cc([Si](C)(c2ccccc2)c2ccccc2)cc(CN(C)c2ccccc2-c2cccc([Si](c3ccccc3)(c3ccccc3)c3ccccc3)c2O)c1O. The molecule has 8 aromatic carbocycles. The summed E-state index contributed by atoms with van der Waals surface area (Å²) >= 11 is 0. The van der Waals surface area contributed by atoms with Gasteiger partial charge in [-0.15, -0.1) is 0 Å². The van der Waals surface area contributed by atoms with Crippen LogP contribution in [0, 0.1) is 6.92 Å². The van der Waals surface area contributed by atoms with Gasteiger partial charge in [0.05, 0.1) is 0 Å². The van der Waals surface area contributed by atoms with E-state index in [1.807, 2.05) is 25.1 Å². The average Bonchev–Trinajstić information content (AvgIpc) is 3.27. The third-order valence-corrected chi connectivity index (χ3v) is 21.0. The van der Waals surface area contributed by atoms with Crippen molar-refractivity contribution >= 4 is 58.1 Å². The molecule has 2 N–H and O–H groups in total. The Morgan fingerprint density at radius 3 is 1.35 bits per heavy atom. The highest BCUT2D eigenvalue weighted by Gasteiger charge is 2.44. The molecule has 0 unspecified atom stereocenters. The summed E-state index contributed by atoms with van der Waals surface area (Å²) in [5.74, 6) is 0.601. The van der Waals surface area contributed by atoms with Crippen LogP contribution in [0.5, 0.6) is 11.5 Å². The number of hydrogen-bond acceptors (Lipinski definition) is 3. The monoisotopic (exact) mass is 773 g/mol. The number of hydrogen-bond donors (Lipinski definition) is 2. The number of phenols is 2. The highest BCUT2D eigenvalue weighted by Crippen LogP contribution is 2.37. The maximum Gasteiger partial charge on any atom is 0.183 e. The fourth-order valence-electron chi connectivity index (χ4n) is 8.77. The van der Waals surface area contributed by atoms with Crippen LogP contribution in [0.1, 0.15) is 11.1 Å². The number of benzene rings is 8. The van der Waals surface area contributed by atoms with Crippen molar-refractivity contribution in [1.82, 2.24) is 0 Å². The van der Waals surface area contributed by atoms with Crippen LogP contribution >= 0.6 is 0 Å². The molecule has 57 heavy (non-hydrogen) atoms. The van der Waals surface area contributed by atoms with Gasteiger partial charge in [0.1, 0.15) is 19.6 Å². The van der Waals surface area contributed by atoms with Gasteiger partial charge in [-0.05, 0) is 54.9 Å². The number of para-hydroxylation sites is 2. The molecule has 0 radical (unpaired) electrons. The Hall–Kier alpha value is -6.41. The lowest BCUT2D eigenvalue weighted by Crippen LogP contribution is -2.74. The van der Waals surface area contributed by atoms with E-state index in [1.165, 1.54) is 31.1 Å². The van der Waals surface area contributed by atoms with E-state index < -0.39 is 16.1 Å². The van der Waals surface area contributed by atoms with Crippen LogP contribution in [0.2, 0.25) is 6.55 Å². The first-order chi connectivity index (χ1) is 27.8. The van der Waals surface area contributed by atoms with Crippen molar-refractivity contribution < 1.29 is 10.2 Å². The van der Waals surface area contributed by atoms with E-state index in [0.717, 1.165) is 33.1 Å². The zero-order chi connectivity index (χ0) is 39.4. The van der Waals surface area contributed by atoms with Gasteiger partial charge in [0.25, 0.3) is 0 Å². The average molecular weight is 774 g/mol. The van der Waals surface area contributed by atoms with Gasteiger partial charge >= 0.3 is 0 Å². The summed E-state index contributed by atoms with van der Waals surface area (Å²) in [4.78, 5) is 2.19. The fraction of sp³-hybridized carbons (Fsp3) is 0.0769. The second kappa shape index (κ2) is 16.0. The largest absolute Gasteiger partial charge is 0.507 e. The fourth-order valence-corrected chi connectivity index (χ4v) is 17.3. The number of aromatic hydroxyl groups is 2. The van der Waals surface area contributed by atoms with E-state index in [1.54, 1.807) is 0 Å². The first kappa shape index (κ1) is 37.5. The van der Waals surface area contributed by atoms with E-state index in [4.69, 9.17) is 0 Å². The summed E-state index contributed by atoms with van der Waals surface area (Å²) in [7, 11) is -3.36. The molecule has 0 aliphatic rings. The van der Waals surface area contributed by atoms with Crippen molar-refractivity contribution in [3.63, 3.8) is 0 Å². The van der Waals surface area contributed by atoms with Gasteiger partial charge in [-0.2, -0.15) is 0 Å². The molecule has 0 heterocycles. The summed E-state index contributed by atoms with van der Waals surface area (Å²) in [6, 6.07) is 72.6. The number of anilines is 1. The molecule has 5 heteroatoms. The zero-order valence-electron chi connectivity index (χ0n) is 32.7. The second-order valence-electron chi connectivity index (χ2n) is 15.1. The Bertz CT molecular complexity index is 2460. The lowest BCUT2D eigenvalue weighted by Gasteiger charge is -2.35. The van der Waals surface area contributed by atoms with Crippen LogP contribution in [0.25, 0.3) is 11.1 Å². The number of rotatable bonds is 11. The molecule has 0 atom stereocenters. The molecule has 0 aromatic heterocycles. The molecule has 0 fully saturated rings. The minimum atomic E-state index is -3.00. The molecule has 8 rings (SSSR count). The van der Waals surface area contributed by atoms with Crippen LogP contribution in [0.4, 0.5) is 5.69 Å². The molecule has 0 saturated carbocycles. The Morgan fingerprint density at radius 2 is 0.860 bits per heavy atom.